The lowest BCUT2D eigenvalue weighted by Crippen LogP contribution is -2.03. The van der Waals surface area contributed by atoms with E-state index in [9.17, 15) is 4.79 Å². The van der Waals surface area contributed by atoms with E-state index in [2.05, 4.69) is 4.98 Å². The average Bonchev–Trinajstić information content (AvgIpc) is 2.89. The van der Waals surface area contributed by atoms with Crippen LogP contribution in [0.4, 0.5) is 0 Å². The number of methoxy groups -OCH3 is 1. The van der Waals surface area contributed by atoms with E-state index < -0.39 is 0 Å². The summed E-state index contributed by atoms with van der Waals surface area (Å²) in [5, 5.41) is 3.94. The molecule has 17 heavy (non-hydrogen) atoms. The fraction of sp³-hybridized carbons (Fsp3) is 0.0769. The van der Waals surface area contributed by atoms with Crippen molar-refractivity contribution in [2.45, 2.75) is 0 Å². The van der Waals surface area contributed by atoms with Crippen LogP contribution in [0.1, 0.15) is 11.1 Å². The Balaban J connectivity index is 2.43. The molecular formula is C13H11NO2S. The normalized spacial score (nSPS) is 11.2. The lowest BCUT2D eigenvalue weighted by atomic mass is 10.1. The third kappa shape index (κ3) is 2.79. The van der Waals surface area contributed by atoms with Crippen LogP contribution < -0.4 is 0 Å². The molecule has 0 N–H and O–H groups in total. The van der Waals surface area contributed by atoms with Gasteiger partial charge in [-0.05, 0) is 46.2 Å². The molecule has 3 nitrogen and oxygen atoms in total. The van der Waals surface area contributed by atoms with E-state index in [-0.39, 0.29) is 5.97 Å². The van der Waals surface area contributed by atoms with Crippen LogP contribution in [0.5, 0.6) is 0 Å². The maximum atomic E-state index is 11.7. The van der Waals surface area contributed by atoms with Crippen molar-refractivity contribution < 1.29 is 9.53 Å². The van der Waals surface area contributed by atoms with Gasteiger partial charge in [-0.15, -0.1) is 0 Å². The summed E-state index contributed by atoms with van der Waals surface area (Å²) in [5.74, 6) is -0.345. The van der Waals surface area contributed by atoms with Gasteiger partial charge in [0.25, 0.3) is 0 Å². The number of aromatic nitrogens is 1. The first-order chi connectivity index (χ1) is 8.31. The number of thiophene rings is 1. The molecule has 0 aromatic carbocycles. The number of hydrogen-bond donors (Lipinski definition) is 0. The molecule has 2 aromatic rings. The van der Waals surface area contributed by atoms with E-state index >= 15 is 0 Å². The topological polar surface area (TPSA) is 39.2 Å². The summed E-state index contributed by atoms with van der Waals surface area (Å²) in [6.07, 6.45) is 5.12. The molecule has 86 valence electrons. The summed E-state index contributed by atoms with van der Waals surface area (Å²) in [7, 11) is 1.38. The van der Waals surface area contributed by atoms with Gasteiger partial charge in [-0.1, -0.05) is 0 Å². The zero-order valence-corrected chi connectivity index (χ0v) is 10.1. The molecule has 0 amide bonds. The van der Waals surface area contributed by atoms with Crippen molar-refractivity contribution in [2.24, 2.45) is 0 Å². The Hall–Kier alpha value is -1.94. The first-order valence-corrected chi connectivity index (χ1v) is 5.98. The van der Waals surface area contributed by atoms with Crippen LogP contribution in [0, 0.1) is 0 Å². The summed E-state index contributed by atoms with van der Waals surface area (Å²) in [4.78, 5) is 15.7. The third-order valence-corrected chi connectivity index (χ3v) is 2.95. The number of nitrogens with zero attached hydrogens (tertiary/aromatic N) is 1. The highest BCUT2D eigenvalue weighted by Crippen LogP contribution is 2.20. The SMILES string of the molecule is COC(=O)C(=Cc1ccsc1)c1ccncc1. The molecule has 0 aliphatic heterocycles. The van der Waals surface area contributed by atoms with Gasteiger partial charge in [0, 0.05) is 12.4 Å². The van der Waals surface area contributed by atoms with E-state index in [1.54, 1.807) is 35.9 Å². The maximum Gasteiger partial charge on any atom is 0.338 e. The highest BCUT2D eigenvalue weighted by molar-refractivity contribution is 7.08. The molecule has 2 heterocycles. The lowest BCUT2D eigenvalue weighted by molar-refractivity contribution is -0.133. The van der Waals surface area contributed by atoms with Crippen molar-refractivity contribution in [2.75, 3.05) is 7.11 Å². The largest absolute Gasteiger partial charge is 0.465 e. The monoisotopic (exact) mass is 245 g/mol. The van der Waals surface area contributed by atoms with Crippen molar-refractivity contribution in [3.8, 4) is 0 Å². The molecule has 0 aliphatic carbocycles. The van der Waals surface area contributed by atoms with E-state index in [0.717, 1.165) is 11.1 Å². The quantitative estimate of drug-likeness (QED) is 0.616. The van der Waals surface area contributed by atoms with Gasteiger partial charge in [0.05, 0.1) is 12.7 Å². The van der Waals surface area contributed by atoms with Crippen molar-refractivity contribution in [3.63, 3.8) is 0 Å². The minimum Gasteiger partial charge on any atom is -0.465 e. The summed E-state index contributed by atoms with van der Waals surface area (Å²) in [6.45, 7) is 0. The first-order valence-electron chi connectivity index (χ1n) is 5.04. The Bertz CT molecular complexity index is 518. The average molecular weight is 245 g/mol. The molecule has 0 fully saturated rings. The van der Waals surface area contributed by atoms with Gasteiger partial charge in [0.1, 0.15) is 0 Å². The van der Waals surface area contributed by atoms with Gasteiger partial charge in [-0.2, -0.15) is 11.3 Å². The fourth-order valence-corrected chi connectivity index (χ4v) is 2.04. The van der Waals surface area contributed by atoms with Crippen LogP contribution in [-0.4, -0.2) is 18.1 Å². The van der Waals surface area contributed by atoms with Gasteiger partial charge in [0.2, 0.25) is 0 Å². The molecule has 2 rings (SSSR count). The Labute approximate surface area is 103 Å². The van der Waals surface area contributed by atoms with E-state index in [1.165, 1.54) is 7.11 Å². The van der Waals surface area contributed by atoms with Crippen molar-refractivity contribution in [1.29, 1.82) is 0 Å². The van der Waals surface area contributed by atoms with E-state index in [1.807, 2.05) is 22.9 Å². The van der Waals surface area contributed by atoms with E-state index in [4.69, 9.17) is 4.74 Å². The summed E-state index contributed by atoms with van der Waals surface area (Å²) in [6, 6.07) is 5.53. The molecule has 0 unspecified atom stereocenters. The Kier molecular flexibility index (Phi) is 3.67. The predicted octanol–water partition coefficient (Wildman–Crippen LogP) is 2.86. The highest BCUT2D eigenvalue weighted by atomic mass is 32.1. The summed E-state index contributed by atoms with van der Waals surface area (Å²) in [5.41, 5.74) is 2.33. The number of ether oxygens (including phenoxy) is 1. The Morgan fingerprint density at radius 1 is 1.35 bits per heavy atom. The minimum absolute atomic E-state index is 0.345. The second-order valence-electron chi connectivity index (χ2n) is 3.34. The number of carbonyl (C=O) groups is 1. The molecule has 0 bridgehead atoms. The van der Waals surface area contributed by atoms with Crippen molar-refractivity contribution in [3.05, 3.63) is 52.5 Å². The molecule has 0 spiro atoms. The second-order valence-corrected chi connectivity index (χ2v) is 4.12. The number of esters is 1. The highest BCUT2D eigenvalue weighted by Gasteiger charge is 2.12. The molecule has 0 saturated heterocycles. The molecule has 4 heteroatoms. The van der Waals surface area contributed by atoms with Gasteiger partial charge >= 0.3 is 5.97 Å². The van der Waals surface area contributed by atoms with Gasteiger partial charge in [-0.3, -0.25) is 4.98 Å². The van der Waals surface area contributed by atoms with Crippen molar-refractivity contribution in [1.82, 2.24) is 4.98 Å². The van der Waals surface area contributed by atoms with E-state index in [0.29, 0.717) is 5.57 Å². The lowest BCUT2D eigenvalue weighted by Gasteiger charge is -2.04. The zero-order valence-electron chi connectivity index (χ0n) is 9.29. The smallest absolute Gasteiger partial charge is 0.338 e. The van der Waals surface area contributed by atoms with Crippen LogP contribution >= 0.6 is 11.3 Å². The second kappa shape index (κ2) is 5.41. The summed E-state index contributed by atoms with van der Waals surface area (Å²) < 4.78 is 4.79. The van der Waals surface area contributed by atoms with Crippen LogP contribution in [0.3, 0.4) is 0 Å². The molecule has 2 aromatic heterocycles. The Morgan fingerprint density at radius 3 is 2.71 bits per heavy atom. The van der Waals surface area contributed by atoms with Gasteiger partial charge < -0.3 is 4.74 Å². The number of pyridine rings is 1. The molecule has 0 radical (unpaired) electrons. The third-order valence-electron chi connectivity index (χ3n) is 2.25. The fourth-order valence-electron chi connectivity index (χ4n) is 1.43. The molecule has 0 saturated carbocycles. The maximum absolute atomic E-state index is 11.7. The Morgan fingerprint density at radius 2 is 2.12 bits per heavy atom. The summed E-state index contributed by atoms with van der Waals surface area (Å²) >= 11 is 1.59. The first kappa shape index (κ1) is 11.5. The number of rotatable bonds is 3. The number of hydrogen-bond acceptors (Lipinski definition) is 4. The van der Waals surface area contributed by atoms with Crippen molar-refractivity contribution >= 4 is 29.0 Å². The van der Waals surface area contributed by atoms with Crippen LogP contribution in [-0.2, 0) is 9.53 Å². The predicted molar refractivity (Wildman–Crippen MR) is 68.4 cm³/mol. The van der Waals surface area contributed by atoms with Gasteiger partial charge in [0.15, 0.2) is 0 Å². The zero-order chi connectivity index (χ0) is 12.1. The van der Waals surface area contributed by atoms with Crippen LogP contribution in [0.25, 0.3) is 11.6 Å². The van der Waals surface area contributed by atoms with Gasteiger partial charge in [-0.25, -0.2) is 4.79 Å². The molecule has 0 atom stereocenters. The molecule has 0 aliphatic rings. The minimum atomic E-state index is -0.345. The van der Waals surface area contributed by atoms with Crippen LogP contribution in [0.15, 0.2) is 41.4 Å². The number of carbonyl (C=O) groups excluding carboxylic acids is 1. The van der Waals surface area contributed by atoms with Crippen LogP contribution in [0.2, 0.25) is 0 Å². The molecular weight excluding hydrogens is 234 g/mol. The standard InChI is InChI=1S/C13H11NO2S/c1-16-13(15)12(8-10-4-7-17-9-10)11-2-5-14-6-3-11/h2-9H,1H3.